The number of hydrogen-bond donors (Lipinski definition) is 1. The van der Waals surface area contributed by atoms with Crippen LogP contribution in [0.1, 0.15) is 6.92 Å². The Kier molecular flexibility index (Phi) is 3.39. The Morgan fingerprint density at radius 1 is 1.64 bits per heavy atom. The lowest BCUT2D eigenvalue weighted by molar-refractivity contribution is 0.300. The van der Waals surface area contributed by atoms with Crippen LogP contribution < -0.4 is 0 Å². The third kappa shape index (κ3) is 2.91. The van der Waals surface area contributed by atoms with Crippen LogP contribution in [0.3, 0.4) is 0 Å². The van der Waals surface area contributed by atoms with Crippen molar-refractivity contribution in [2.75, 3.05) is 6.61 Å². The van der Waals surface area contributed by atoms with Crippen LogP contribution in [0.2, 0.25) is 0 Å². The fraction of sp³-hybridized carbons (Fsp3) is 0.375. The van der Waals surface area contributed by atoms with Gasteiger partial charge in [-0.3, -0.25) is 0 Å². The van der Waals surface area contributed by atoms with E-state index in [1.54, 1.807) is 18.0 Å². The highest BCUT2D eigenvalue weighted by Gasteiger charge is 2.01. The van der Waals surface area contributed by atoms with Crippen LogP contribution in [-0.4, -0.2) is 21.9 Å². The molecule has 1 N–H and O–H groups in total. The normalized spacial score (nSPS) is 12.9. The Balaban J connectivity index is 2.51. The number of nitrogens with zero attached hydrogens (tertiary/aromatic N) is 1. The van der Waals surface area contributed by atoms with E-state index in [4.69, 9.17) is 5.11 Å². The number of aromatic nitrogens is 1. The Bertz CT molecular complexity index is 203. The number of thioether (sulfide) groups is 1. The fourth-order valence-corrected chi connectivity index (χ4v) is 1.43. The summed E-state index contributed by atoms with van der Waals surface area (Å²) in [5.41, 5.74) is 0. The summed E-state index contributed by atoms with van der Waals surface area (Å²) < 4.78 is 0. The SMILES string of the molecule is C[C@H](CO)Sc1ccccn1. The van der Waals surface area contributed by atoms with Gasteiger partial charge in [-0.05, 0) is 12.1 Å². The van der Waals surface area contributed by atoms with Crippen LogP contribution in [0.5, 0.6) is 0 Å². The van der Waals surface area contributed by atoms with Crippen molar-refractivity contribution in [3.05, 3.63) is 24.4 Å². The summed E-state index contributed by atoms with van der Waals surface area (Å²) in [6, 6.07) is 5.77. The summed E-state index contributed by atoms with van der Waals surface area (Å²) in [6.07, 6.45) is 1.76. The van der Waals surface area contributed by atoms with Crippen molar-refractivity contribution >= 4 is 11.8 Å². The fourth-order valence-electron chi connectivity index (χ4n) is 0.660. The van der Waals surface area contributed by atoms with Crippen molar-refractivity contribution < 1.29 is 5.11 Å². The predicted octanol–water partition coefficient (Wildman–Crippen LogP) is 1.55. The first-order valence-electron chi connectivity index (χ1n) is 3.51. The molecule has 0 aromatic carbocycles. The Morgan fingerprint density at radius 3 is 3.00 bits per heavy atom. The Morgan fingerprint density at radius 2 is 2.45 bits per heavy atom. The van der Waals surface area contributed by atoms with Crippen LogP contribution in [0.4, 0.5) is 0 Å². The molecule has 0 radical (unpaired) electrons. The van der Waals surface area contributed by atoms with E-state index >= 15 is 0 Å². The molecular weight excluding hydrogens is 158 g/mol. The van der Waals surface area contributed by atoms with E-state index in [-0.39, 0.29) is 11.9 Å². The number of hydrogen-bond acceptors (Lipinski definition) is 3. The van der Waals surface area contributed by atoms with E-state index < -0.39 is 0 Å². The second kappa shape index (κ2) is 4.36. The van der Waals surface area contributed by atoms with Gasteiger partial charge in [-0.25, -0.2) is 4.98 Å². The van der Waals surface area contributed by atoms with Gasteiger partial charge in [0.1, 0.15) is 0 Å². The molecule has 0 aliphatic heterocycles. The zero-order chi connectivity index (χ0) is 8.10. The molecule has 0 aliphatic carbocycles. The molecule has 0 saturated carbocycles. The second-order valence-electron chi connectivity index (χ2n) is 2.28. The van der Waals surface area contributed by atoms with Crippen molar-refractivity contribution in [1.82, 2.24) is 4.98 Å². The van der Waals surface area contributed by atoms with Gasteiger partial charge in [0.15, 0.2) is 0 Å². The summed E-state index contributed by atoms with van der Waals surface area (Å²) in [5.74, 6) is 0. The molecule has 0 fully saturated rings. The lowest BCUT2D eigenvalue weighted by atomic mass is 10.5. The van der Waals surface area contributed by atoms with Gasteiger partial charge in [-0.2, -0.15) is 0 Å². The molecule has 11 heavy (non-hydrogen) atoms. The number of rotatable bonds is 3. The lowest BCUT2D eigenvalue weighted by Crippen LogP contribution is -2.01. The average molecular weight is 169 g/mol. The maximum Gasteiger partial charge on any atom is 0.0963 e. The number of aliphatic hydroxyl groups excluding tert-OH is 1. The summed E-state index contributed by atoms with van der Waals surface area (Å²) in [5, 5.41) is 9.94. The quantitative estimate of drug-likeness (QED) is 0.697. The molecule has 0 saturated heterocycles. The van der Waals surface area contributed by atoms with E-state index in [2.05, 4.69) is 4.98 Å². The van der Waals surface area contributed by atoms with E-state index in [1.807, 2.05) is 25.1 Å². The topological polar surface area (TPSA) is 33.1 Å². The summed E-state index contributed by atoms with van der Waals surface area (Å²) >= 11 is 1.58. The highest BCUT2D eigenvalue weighted by Crippen LogP contribution is 2.19. The molecule has 60 valence electrons. The van der Waals surface area contributed by atoms with Crippen molar-refractivity contribution in [2.45, 2.75) is 17.2 Å². The van der Waals surface area contributed by atoms with Crippen LogP contribution in [0.25, 0.3) is 0 Å². The molecule has 1 atom stereocenters. The van der Waals surface area contributed by atoms with E-state index in [1.165, 1.54) is 0 Å². The third-order valence-electron chi connectivity index (χ3n) is 1.22. The zero-order valence-corrected chi connectivity index (χ0v) is 7.21. The summed E-state index contributed by atoms with van der Waals surface area (Å²) in [7, 11) is 0. The molecule has 1 aromatic heterocycles. The highest BCUT2D eigenvalue weighted by atomic mass is 32.2. The predicted molar refractivity (Wildman–Crippen MR) is 46.6 cm³/mol. The standard InChI is InChI=1S/C8H11NOS/c1-7(6-10)11-8-4-2-3-5-9-8/h2-5,7,10H,6H2,1H3/t7-/m1/s1. The minimum Gasteiger partial charge on any atom is -0.395 e. The molecule has 1 heterocycles. The Labute approximate surface area is 70.7 Å². The smallest absolute Gasteiger partial charge is 0.0963 e. The lowest BCUT2D eigenvalue weighted by Gasteiger charge is -2.04. The molecule has 0 unspecified atom stereocenters. The van der Waals surface area contributed by atoms with Crippen molar-refractivity contribution in [2.24, 2.45) is 0 Å². The van der Waals surface area contributed by atoms with Crippen molar-refractivity contribution in [1.29, 1.82) is 0 Å². The molecule has 1 rings (SSSR count). The molecule has 1 aromatic rings. The highest BCUT2D eigenvalue weighted by molar-refractivity contribution is 7.99. The minimum atomic E-state index is 0.196. The molecule has 0 spiro atoms. The molecule has 0 bridgehead atoms. The van der Waals surface area contributed by atoms with Crippen LogP contribution in [-0.2, 0) is 0 Å². The van der Waals surface area contributed by atoms with Crippen LogP contribution in [0, 0.1) is 0 Å². The molecule has 0 amide bonds. The van der Waals surface area contributed by atoms with Crippen molar-refractivity contribution in [3.63, 3.8) is 0 Å². The maximum absolute atomic E-state index is 8.75. The third-order valence-corrected chi connectivity index (χ3v) is 2.25. The van der Waals surface area contributed by atoms with Gasteiger partial charge in [0, 0.05) is 11.4 Å². The maximum atomic E-state index is 8.75. The Hall–Kier alpha value is -0.540. The van der Waals surface area contributed by atoms with E-state index in [0.29, 0.717) is 0 Å². The summed E-state index contributed by atoms with van der Waals surface area (Å²) in [6.45, 7) is 2.17. The van der Waals surface area contributed by atoms with Gasteiger partial charge < -0.3 is 5.11 Å². The van der Waals surface area contributed by atoms with Gasteiger partial charge in [0.2, 0.25) is 0 Å². The molecular formula is C8H11NOS. The average Bonchev–Trinajstić information content (AvgIpc) is 2.06. The van der Waals surface area contributed by atoms with Gasteiger partial charge in [-0.15, -0.1) is 11.8 Å². The summed E-state index contributed by atoms with van der Waals surface area (Å²) in [4.78, 5) is 4.12. The number of pyridine rings is 1. The first-order valence-corrected chi connectivity index (χ1v) is 4.39. The zero-order valence-electron chi connectivity index (χ0n) is 6.40. The van der Waals surface area contributed by atoms with Gasteiger partial charge in [-0.1, -0.05) is 13.0 Å². The molecule has 2 nitrogen and oxygen atoms in total. The first-order chi connectivity index (χ1) is 5.33. The molecule has 3 heteroatoms. The monoisotopic (exact) mass is 169 g/mol. The van der Waals surface area contributed by atoms with Gasteiger partial charge >= 0.3 is 0 Å². The minimum absolute atomic E-state index is 0.196. The van der Waals surface area contributed by atoms with Crippen LogP contribution >= 0.6 is 11.8 Å². The molecule has 0 aliphatic rings. The van der Waals surface area contributed by atoms with Crippen molar-refractivity contribution in [3.8, 4) is 0 Å². The van der Waals surface area contributed by atoms with Gasteiger partial charge in [0.05, 0.1) is 11.6 Å². The largest absolute Gasteiger partial charge is 0.395 e. The van der Waals surface area contributed by atoms with E-state index in [9.17, 15) is 0 Å². The van der Waals surface area contributed by atoms with E-state index in [0.717, 1.165) is 5.03 Å². The second-order valence-corrected chi connectivity index (χ2v) is 3.74. The van der Waals surface area contributed by atoms with Crippen LogP contribution in [0.15, 0.2) is 29.4 Å². The first kappa shape index (κ1) is 8.56. The van der Waals surface area contributed by atoms with Gasteiger partial charge in [0.25, 0.3) is 0 Å². The number of aliphatic hydroxyl groups is 1.